The molecule has 0 saturated carbocycles. The molecule has 0 aliphatic carbocycles. The zero-order valence-corrected chi connectivity index (χ0v) is 5.76. The number of nitrogens with zero attached hydrogens (tertiary/aromatic N) is 2. The first-order valence-electron chi connectivity index (χ1n) is 3.02. The van der Waals surface area contributed by atoms with E-state index in [0.717, 1.165) is 12.0 Å². The summed E-state index contributed by atoms with van der Waals surface area (Å²) >= 11 is 0. The van der Waals surface area contributed by atoms with Gasteiger partial charge in [0.05, 0.1) is 0 Å². The Morgan fingerprint density at radius 2 is 2.44 bits per heavy atom. The van der Waals surface area contributed by atoms with Crippen molar-refractivity contribution < 1.29 is 0 Å². The highest BCUT2D eigenvalue weighted by molar-refractivity contribution is 5.36. The summed E-state index contributed by atoms with van der Waals surface area (Å²) in [5, 5.41) is 3.98. The van der Waals surface area contributed by atoms with Crippen LogP contribution < -0.4 is 5.73 Å². The number of aromatic nitrogens is 2. The SMILES string of the molecule is CCc1cn(C)nc1N. The first-order valence-corrected chi connectivity index (χ1v) is 3.02. The van der Waals surface area contributed by atoms with Gasteiger partial charge in [-0.1, -0.05) is 6.92 Å². The molecule has 3 heteroatoms. The normalized spacial score (nSPS) is 10.0. The lowest BCUT2D eigenvalue weighted by Crippen LogP contribution is -1.91. The third-order valence-electron chi connectivity index (χ3n) is 1.32. The number of hydrogen-bond donors (Lipinski definition) is 1. The van der Waals surface area contributed by atoms with Crippen molar-refractivity contribution in [1.29, 1.82) is 0 Å². The van der Waals surface area contributed by atoms with E-state index < -0.39 is 0 Å². The average molecular weight is 125 g/mol. The van der Waals surface area contributed by atoms with E-state index in [-0.39, 0.29) is 0 Å². The molecule has 0 bridgehead atoms. The van der Waals surface area contributed by atoms with Crippen molar-refractivity contribution in [3.8, 4) is 0 Å². The van der Waals surface area contributed by atoms with Crippen LogP contribution in [-0.2, 0) is 13.5 Å². The zero-order valence-electron chi connectivity index (χ0n) is 5.76. The molecule has 50 valence electrons. The number of rotatable bonds is 1. The van der Waals surface area contributed by atoms with E-state index in [4.69, 9.17) is 5.73 Å². The van der Waals surface area contributed by atoms with Crippen LogP contribution in [0.3, 0.4) is 0 Å². The van der Waals surface area contributed by atoms with Crippen molar-refractivity contribution >= 4 is 5.82 Å². The number of nitrogen functional groups attached to an aromatic ring is 1. The van der Waals surface area contributed by atoms with Gasteiger partial charge in [-0.05, 0) is 6.42 Å². The third kappa shape index (κ3) is 1.04. The molecular weight excluding hydrogens is 114 g/mol. The van der Waals surface area contributed by atoms with Crippen LogP contribution in [0.4, 0.5) is 5.82 Å². The molecule has 1 heterocycles. The molecule has 9 heavy (non-hydrogen) atoms. The maximum atomic E-state index is 5.52. The highest BCUT2D eigenvalue weighted by Crippen LogP contribution is 2.06. The van der Waals surface area contributed by atoms with Gasteiger partial charge in [0.2, 0.25) is 0 Å². The van der Waals surface area contributed by atoms with Gasteiger partial charge in [-0.15, -0.1) is 0 Å². The minimum Gasteiger partial charge on any atom is -0.382 e. The smallest absolute Gasteiger partial charge is 0.148 e. The first-order chi connectivity index (χ1) is 4.24. The molecule has 1 rings (SSSR count). The van der Waals surface area contributed by atoms with Gasteiger partial charge in [0.1, 0.15) is 5.82 Å². The number of nitrogens with two attached hydrogens (primary N) is 1. The van der Waals surface area contributed by atoms with Crippen molar-refractivity contribution in [3.63, 3.8) is 0 Å². The fourth-order valence-corrected chi connectivity index (χ4v) is 0.827. The fourth-order valence-electron chi connectivity index (χ4n) is 0.827. The van der Waals surface area contributed by atoms with Crippen LogP contribution in [0, 0.1) is 0 Å². The Kier molecular flexibility index (Phi) is 1.42. The van der Waals surface area contributed by atoms with Crippen LogP contribution in [0.5, 0.6) is 0 Å². The second kappa shape index (κ2) is 2.09. The molecule has 1 aromatic rings. The molecule has 0 fully saturated rings. The first kappa shape index (κ1) is 6.13. The van der Waals surface area contributed by atoms with Gasteiger partial charge in [-0.3, -0.25) is 4.68 Å². The van der Waals surface area contributed by atoms with E-state index >= 15 is 0 Å². The minimum atomic E-state index is 0.653. The Morgan fingerprint density at radius 1 is 1.78 bits per heavy atom. The summed E-state index contributed by atoms with van der Waals surface area (Å²) in [7, 11) is 1.87. The van der Waals surface area contributed by atoms with Crippen molar-refractivity contribution in [2.45, 2.75) is 13.3 Å². The van der Waals surface area contributed by atoms with Crippen molar-refractivity contribution in [2.24, 2.45) is 7.05 Å². The molecule has 0 aromatic carbocycles. The van der Waals surface area contributed by atoms with E-state index in [1.807, 2.05) is 13.2 Å². The molecule has 0 spiro atoms. The summed E-state index contributed by atoms with van der Waals surface area (Å²) in [4.78, 5) is 0. The predicted molar refractivity (Wildman–Crippen MR) is 37.0 cm³/mol. The predicted octanol–water partition coefficient (Wildman–Crippen LogP) is 0.565. The topological polar surface area (TPSA) is 43.8 Å². The maximum Gasteiger partial charge on any atom is 0.148 e. The van der Waals surface area contributed by atoms with Gasteiger partial charge in [0, 0.05) is 18.8 Å². The van der Waals surface area contributed by atoms with E-state index in [0.29, 0.717) is 5.82 Å². The van der Waals surface area contributed by atoms with Gasteiger partial charge in [-0.25, -0.2) is 0 Å². The second-order valence-corrected chi connectivity index (χ2v) is 2.07. The number of aryl methyl sites for hydroxylation is 2. The quantitative estimate of drug-likeness (QED) is 0.596. The van der Waals surface area contributed by atoms with Crippen LogP contribution in [0.25, 0.3) is 0 Å². The molecule has 1 aromatic heterocycles. The molecule has 0 aliphatic heterocycles. The summed E-state index contributed by atoms with van der Waals surface area (Å²) in [5.74, 6) is 0.653. The monoisotopic (exact) mass is 125 g/mol. The van der Waals surface area contributed by atoms with Gasteiger partial charge in [0.15, 0.2) is 0 Å². The number of hydrogen-bond acceptors (Lipinski definition) is 2. The van der Waals surface area contributed by atoms with Gasteiger partial charge in [-0.2, -0.15) is 5.10 Å². The van der Waals surface area contributed by atoms with Crippen LogP contribution >= 0.6 is 0 Å². The molecule has 2 N–H and O–H groups in total. The van der Waals surface area contributed by atoms with Crippen molar-refractivity contribution in [1.82, 2.24) is 9.78 Å². The largest absolute Gasteiger partial charge is 0.382 e. The standard InChI is InChI=1S/C6H11N3/c1-3-5-4-9(2)8-6(5)7/h4H,3H2,1-2H3,(H2,7,8). The van der Waals surface area contributed by atoms with Crippen LogP contribution in [0.15, 0.2) is 6.20 Å². The summed E-state index contributed by atoms with van der Waals surface area (Å²) < 4.78 is 1.73. The highest BCUT2D eigenvalue weighted by atomic mass is 15.3. The maximum absolute atomic E-state index is 5.52. The molecule has 0 unspecified atom stereocenters. The summed E-state index contributed by atoms with van der Waals surface area (Å²) in [6.45, 7) is 2.06. The zero-order chi connectivity index (χ0) is 6.85. The molecule has 0 atom stereocenters. The van der Waals surface area contributed by atoms with E-state index in [1.54, 1.807) is 4.68 Å². The van der Waals surface area contributed by atoms with Crippen molar-refractivity contribution in [3.05, 3.63) is 11.8 Å². The molecule has 0 amide bonds. The van der Waals surface area contributed by atoms with Gasteiger partial charge in [0.25, 0.3) is 0 Å². The highest BCUT2D eigenvalue weighted by Gasteiger charge is 1.98. The third-order valence-corrected chi connectivity index (χ3v) is 1.32. The lowest BCUT2D eigenvalue weighted by molar-refractivity contribution is 0.771. The molecule has 3 nitrogen and oxygen atoms in total. The van der Waals surface area contributed by atoms with Crippen LogP contribution in [-0.4, -0.2) is 9.78 Å². The Labute approximate surface area is 54.5 Å². The van der Waals surface area contributed by atoms with Crippen molar-refractivity contribution in [2.75, 3.05) is 5.73 Å². The molecule has 0 radical (unpaired) electrons. The van der Waals surface area contributed by atoms with E-state index in [9.17, 15) is 0 Å². The molecule has 0 saturated heterocycles. The lowest BCUT2D eigenvalue weighted by atomic mass is 10.3. The second-order valence-electron chi connectivity index (χ2n) is 2.07. The Hall–Kier alpha value is -0.990. The van der Waals surface area contributed by atoms with Crippen LogP contribution in [0.2, 0.25) is 0 Å². The Balaban J connectivity index is 3.01. The lowest BCUT2D eigenvalue weighted by Gasteiger charge is -1.85. The number of anilines is 1. The van der Waals surface area contributed by atoms with Crippen LogP contribution in [0.1, 0.15) is 12.5 Å². The van der Waals surface area contributed by atoms with E-state index in [1.165, 1.54) is 0 Å². The Morgan fingerprint density at radius 3 is 2.67 bits per heavy atom. The Bertz CT molecular complexity index is 202. The molecular formula is C6H11N3. The van der Waals surface area contributed by atoms with Gasteiger partial charge < -0.3 is 5.73 Å². The average Bonchev–Trinajstić information content (AvgIpc) is 2.10. The minimum absolute atomic E-state index is 0.653. The van der Waals surface area contributed by atoms with E-state index in [2.05, 4.69) is 12.0 Å². The van der Waals surface area contributed by atoms with Gasteiger partial charge >= 0.3 is 0 Å². The fraction of sp³-hybridized carbons (Fsp3) is 0.500. The summed E-state index contributed by atoms with van der Waals surface area (Å²) in [5.41, 5.74) is 6.64. The molecule has 0 aliphatic rings. The summed E-state index contributed by atoms with van der Waals surface area (Å²) in [6.07, 6.45) is 2.90. The summed E-state index contributed by atoms with van der Waals surface area (Å²) in [6, 6.07) is 0.